The molecular formula is C28H19ClN2O3S. The van der Waals surface area contributed by atoms with Crippen LogP contribution in [0.25, 0.3) is 16.8 Å². The number of halogens is 1. The van der Waals surface area contributed by atoms with Gasteiger partial charge in [0, 0.05) is 16.1 Å². The maximum absolute atomic E-state index is 13.5. The van der Waals surface area contributed by atoms with Crippen LogP contribution in [0.5, 0.6) is 5.75 Å². The minimum absolute atomic E-state index is 0.0384. The van der Waals surface area contributed by atoms with Crippen molar-refractivity contribution in [1.29, 1.82) is 0 Å². The highest BCUT2D eigenvalue weighted by atomic mass is 35.5. The van der Waals surface area contributed by atoms with Crippen molar-refractivity contribution in [3.05, 3.63) is 113 Å². The van der Waals surface area contributed by atoms with Gasteiger partial charge in [-0.2, -0.15) is 0 Å². The second-order valence-electron chi connectivity index (χ2n) is 7.87. The standard InChI is InChI=1S/C28H19ClN2O3S/c29-24-13-7-5-9-19(24)17-34-25-15-14-18-8-4-6-12-21(18)22(25)16-23-26(32)30-28(35)31(27(23)33)20-10-2-1-3-11-20/h1-16H,17H2,(H,30,32,35)/b23-16-. The molecule has 5 nitrogen and oxygen atoms in total. The van der Waals surface area contributed by atoms with Gasteiger partial charge < -0.3 is 4.74 Å². The fraction of sp³-hybridized carbons (Fsp3) is 0.0357. The Morgan fingerprint density at radius 3 is 2.40 bits per heavy atom. The van der Waals surface area contributed by atoms with E-state index in [4.69, 9.17) is 28.6 Å². The number of nitrogens with one attached hydrogen (secondary N) is 1. The SMILES string of the molecule is O=C1NC(=S)N(c2ccccc2)C(=O)/C1=C\c1c(OCc2ccccc2Cl)ccc2ccccc12. The van der Waals surface area contributed by atoms with Gasteiger partial charge in [-0.15, -0.1) is 0 Å². The van der Waals surface area contributed by atoms with Crippen LogP contribution in [0.4, 0.5) is 5.69 Å². The molecule has 35 heavy (non-hydrogen) atoms. The molecule has 5 rings (SSSR count). The summed E-state index contributed by atoms with van der Waals surface area (Å²) in [6.07, 6.45) is 1.57. The molecule has 0 atom stereocenters. The Kier molecular flexibility index (Phi) is 6.31. The number of ether oxygens (including phenoxy) is 1. The molecule has 1 N–H and O–H groups in total. The zero-order chi connectivity index (χ0) is 24.4. The monoisotopic (exact) mass is 498 g/mol. The number of para-hydroxylation sites is 1. The topological polar surface area (TPSA) is 58.6 Å². The van der Waals surface area contributed by atoms with Crippen LogP contribution in [0.2, 0.25) is 5.02 Å². The second-order valence-corrected chi connectivity index (χ2v) is 8.67. The predicted molar refractivity (Wildman–Crippen MR) is 142 cm³/mol. The highest BCUT2D eigenvalue weighted by Gasteiger charge is 2.34. The van der Waals surface area contributed by atoms with E-state index in [1.165, 1.54) is 4.90 Å². The van der Waals surface area contributed by atoms with Crippen molar-refractivity contribution < 1.29 is 14.3 Å². The van der Waals surface area contributed by atoms with E-state index >= 15 is 0 Å². The lowest BCUT2D eigenvalue weighted by atomic mass is 9.99. The van der Waals surface area contributed by atoms with Crippen LogP contribution in [-0.4, -0.2) is 16.9 Å². The Hall–Kier alpha value is -4.00. The maximum atomic E-state index is 13.5. The number of carbonyl (C=O) groups is 2. The number of fused-ring (bicyclic) bond motifs is 1. The van der Waals surface area contributed by atoms with Crippen molar-refractivity contribution in [2.24, 2.45) is 0 Å². The Labute approximate surface area is 212 Å². The van der Waals surface area contributed by atoms with E-state index in [0.717, 1.165) is 16.3 Å². The summed E-state index contributed by atoms with van der Waals surface area (Å²) in [5.74, 6) is -0.539. The minimum Gasteiger partial charge on any atom is -0.488 e. The van der Waals surface area contributed by atoms with E-state index in [1.807, 2.05) is 60.7 Å². The average Bonchev–Trinajstić information content (AvgIpc) is 2.87. The van der Waals surface area contributed by atoms with Gasteiger partial charge in [-0.05, 0) is 53.3 Å². The molecule has 1 saturated heterocycles. The van der Waals surface area contributed by atoms with Crippen molar-refractivity contribution in [2.45, 2.75) is 6.61 Å². The van der Waals surface area contributed by atoms with E-state index in [2.05, 4.69) is 5.32 Å². The maximum Gasteiger partial charge on any atom is 0.270 e. The first kappa shape index (κ1) is 22.8. The fourth-order valence-electron chi connectivity index (χ4n) is 3.93. The summed E-state index contributed by atoms with van der Waals surface area (Å²) in [5, 5.41) is 5.06. The number of hydrogen-bond donors (Lipinski definition) is 1. The van der Waals surface area contributed by atoms with Crippen molar-refractivity contribution >= 4 is 63.3 Å². The first-order valence-corrected chi connectivity index (χ1v) is 11.7. The molecule has 2 amide bonds. The van der Waals surface area contributed by atoms with Gasteiger partial charge in [-0.1, -0.05) is 78.3 Å². The summed E-state index contributed by atoms with van der Waals surface area (Å²) in [7, 11) is 0. The number of anilines is 1. The third kappa shape index (κ3) is 4.54. The summed E-state index contributed by atoms with van der Waals surface area (Å²) >= 11 is 11.6. The van der Waals surface area contributed by atoms with Crippen molar-refractivity contribution in [1.82, 2.24) is 5.32 Å². The summed E-state index contributed by atoms with van der Waals surface area (Å²) in [6.45, 7) is 0.231. The molecule has 1 fully saturated rings. The van der Waals surface area contributed by atoms with E-state index in [9.17, 15) is 9.59 Å². The van der Waals surface area contributed by atoms with E-state index in [1.54, 1.807) is 36.4 Å². The van der Waals surface area contributed by atoms with Gasteiger partial charge in [-0.25, -0.2) is 0 Å². The highest BCUT2D eigenvalue weighted by molar-refractivity contribution is 7.80. The molecular weight excluding hydrogens is 480 g/mol. The van der Waals surface area contributed by atoms with Crippen LogP contribution in [0.1, 0.15) is 11.1 Å². The number of carbonyl (C=O) groups excluding carboxylic acids is 2. The van der Waals surface area contributed by atoms with E-state index < -0.39 is 11.8 Å². The van der Waals surface area contributed by atoms with Gasteiger partial charge >= 0.3 is 0 Å². The molecule has 4 aromatic carbocycles. The molecule has 0 saturated carbocycles. The Morgan fingerprint density at radius 1 is 0.886 bits per heavy atom. The average molecular weight is 499 g/mol. The van der Waals surface area contributed by atoms with Gasteiger partial charge in [-0.3, -0.25) is 19.8 Å². The summed E-state index contributed by atoms with van der Waals surface area (Å²) < 4.78 is 6.15. The fourth-order valence-corrected chi connectivity index (χ4v) is 4.41. The quantitative estimate of drug-likeness (QED) is 0.211. The lowest BCUT2D eigenvalue weighted by molar-refractivity contribution is -0.122. The Bertz CT molecular complexity index is 1500. The van der Waals surface area contributed by atoms with Gasteiger partial charge in [0.15, 0.2) is 5.11 Å². The molecule has 172 valence electrons. The molecule has 0 radical (unpaired) electrons. The van der Waals surface area contributed by atoms with Gasteiger partial charge in [0.1, 0.15) is 17.9 Å². The van der Waals surface area contributed by atoms with E-state index in [-0.39, 0.29) is 17.3 Å². The zero-order valence-electron chi connectivity index (χ0n) is 18.4. The largest absolute Gasteiger partial charge is 0.488 e. The van der Waals surface area contributed by atoms with Gasteiger partial charge in [0.05, 0.1) is 5.69 Å². The number of benzene rings is 4. The highest BCUT2D eigenvalue weighted by Crippen LogP contribution is 2.32. The lowest BCUT2D eigenvalue weighted by Crippen LogP contribution is -2.54. The molecule has 0 spiro atoms. The summed E-state index contributed by atoms with van der Waals surface area (Å²) in [5.41, 5.74) is 1.98. The molecule has 1 aliphatic heterocycles. The van der Waals surface area contributed by atoms with Crippen LogP contribution in [-0.2, 0) is 16.2 Å². The second kappa shape index (κ2) is 9.70. The summed E-state index contributed by atoms with van der Waals surface area (Å²) in [6, 6.07) is 27.9. The molecule has 0 aliphatic carbocycles. The molecule has 4 aromatic rings. The van der Waals surface area contributed by atoms with Gasteiger partial charge in [0.25, 0.3) is 11.8 Å². The van der Waals surface area contributed by atoms with Crippen LogP contribution in [0.3, 0.4) is 0 Å². The van der Waals surface area contributed by atoms with Crippen LogP contribution in [0, 0.1) is 0 Å². The number of hydrogen-bond acceptors (Lipinski definition) is 4. The summed E-state index contributed by atoms with van der Waals surface area (Å²) in [4.78, 5) is 27.7. The van der Waals surface area contributed by atoms with Gasteiger partial charge in [0.2, 0.25) is 0 Å². The third-order valence-electron chi connectivity index (χ3n) is 5.68. The molecule has 1 heterocycles. The number of thiocarbonyl (C=S) groups is 1. The first-order valence-electron chi connectivity index (χ1n) is 10.9. The third-order valence-corrected chi connectivity index (χ3v) is 6.33. The van der Waals surface area contributed by atoms with E-state index in [0.29, 0.717) is 22.0 Å². The molecule has 0 aromatic heterocycles. The van der Waals surface area contributed by atoms with Crippen LogP contribution in [0.15, 0.2) is 96.6 Å². The normalized spacial score (nSPS) is 14.9. The predicted octanol–water partition coefficient (Wildman–Crippen LogP) is 5.90. The Balaban J connectivity index is 1.59. The number of amides is 2. The molecule has 0 bridgehead atoms. The molecule has 0 unspecified atom stereocenters. The van der Waals surface area contributed by atoms with Crippen molar-refractivity contribution in [3.63, 3.8) is 0 Å². The van der Waals surface area contributed by atoms with Crippen LogP contribution >= 0.6 is 23.8 Å². The number of rotatable bonds is 5. The number of nitrogens with zero attached hydrogens (tertiary/aromatic N) is 1. The lowest BCUT2D eigenvalue weighted by Gasteiger charge is -2.29. The molecule has 1 aliphatic rings. The Morgan fingerprint density at radius 2 is 1.60 bits per heavy atom. The van der Waals surface area contributed by atoms with Crippen molar-refractivity contribution in [3.8, 4) is 5.75 Å². The van der Waals surface area contributed by atoms with Crippen molar-refractivity contribution in [2.75, 3.05) is 4.90 Å². The zero-order valence-corrected chi connectivity index (χ0v) is 20.0. The minimum atomic E-state index is -0.558. The van der Waals surface area contributed by atoms with Crippen LogP contribution < -0.4 is 15.0 Å². The smallest absolute Gasteiger partial charge is 0.270 e. The molecule has 7 heteroatoms. The first-order chi connectivity index (χ1) is 17.0.